The summed E-state index contributed by atoms with van der Waals surface area (Å²) >= 11 is 0. The normalized spacial score (nSPS) is 20.3. The fourth-order valence-electron chi connectivity index (χ4n) is 2.75. The minimum absolute atomic E-state index is 0.0309. The van der Waals surface area contributed by atoms with Gasteiger partial charge in [0.25, 0.3) is 0 Å². The summed E-state index contributed by atoms with van der Waals surface area (Å²) in [5.74, 6) is 5.29. The van der Waals surface area contributed by atoms with E-state index in [1.807, 2.05) is 0 Å². The van der Waals surface area contributed by atoms with E-state index in [0.717, 1.165) is 6.20 Å². The number of anilines is 1. The van der Waals surface area contributed by atoms with Crippen LogP contribution >= 0.6 is 0 Å². The highest BCUT2D eigenvalue weighted by molar-refractivity contribution is 5.64. The van der Waals surface area contributed by atoms with Crippen molar-refractivity contribution in [3.8, 4) is 0 Å². The van der Waals surface area contributed by atoms with Crippen molar-refractivity contribution in [3.05, 3.63) is 23.9 Å². The summed E-state index contributed by atoms with van der Waals surface area (Å²) in [5, 5.41) is 10.8. The van der Waals surface area contributed by atoms with Gasteiger partial charge in [-0.05, 0) is 30.5 Å². The molecule has 2 rings (SSSR count). The van der Waals surface area contributed by atoms with Gasteiger partial charge >= 0.3 is 12.3 Å². The monoisotopic (exact) mass is 333 g/mol. The topological polar surface area (TPSA) is 104 Å². The molecule has 2 heterocycles. The van der Waals surface area contributed by atoms with Crippen LogP contribution in [-0.2, 0) is 0 Å². The van der Waals surface area contributed by atoms with Crippen LogP contribution in [0.3, 0.4) is 0 Å². The zero-order valence-electron chi connectivity index (χ0n) is 12.2. The third kappa shape index (κ3) is 4.45. The van der Waals surface area contributed by atoms with Gasteiger partial charge in [0.15, 0.2) is 0 Å². The maximum Gasteiger partial charge on any atom is 0.408 e. The molecule has 1 amide bonds. The maximum absolute atomic E-state index is 13.5. The van der Waals surface area contributed by atoms with Crippen LogP contribution < -0.4 is 16.6 Å². The Morgan fingerprint density at radius 1 is 1.52 bits per heavy atom. The van der Waals surface area contributed by atoms with Crippen LogP contribution in [-0.4, -0.2) is 46.9 Å². The Morgan fingerprint density at radius 3 is 2.78 bits per heavy atom. The van der Waals surface area contributed by atoms with E-state index in [1.54, 1.807) is 0 Å². The van der Waals surface area contributed by atoms with Gasteiger partial charge in [-0.15, -0.1) is 0 Å². The number of amides is 1. The van der Waals surface area contributed by atoms with Crippen LogP contribution in [0.4, 0.5) is 23.8 Å². The second-order valence-electron chi connectivity index (χ2n) is 5.40. The lowest BCUT2D eigenvalue weighted by molar-refractivity contribution is -0.184. The van der Waals surface area contributed by atoms with Crippen LogP contribution in [0, 0.1) is 5.92 Å². The predicted octanol–water partition coefficient (Wildman–Crippen LogP) is 1.56. The summed E-state index contributed by atoms with van der Waals surface area (Å²) in [4.78, 5) is 15.6. The van der Waals surface area contributed by atoms with E-state index in [1.165, 1.54) is 17.0 Å². The molecule has 0 radical (unpaired) electrons. The van der Waals surface area contributed by atoms with Gasteiger partial charge in [0, 0.05) is 19.3 Å². The number of nitrogens with one attached hydrogen (secondary N) is 2. The fraction of sp³-hybridized carbons (Fsp3) is 0.538. The quantitative estimate of drug-likeness (QED) is 0.482. The number of alkyl halides is 3. The number of likely N-dealkylation sites (tertiary alicyclic amines) is 1. The molecule has 1 saturated heterocycles. The van der Waals surface area contributed by atoms with E-state index < -0.39 is 18.3 Å². The number of nitrogens with two attached hydrogens (primary N) is 1. The van der Waals surface area contributed by atoms with Gasteiger partial charge in [-0.3, -0.25) is 4.90 Å². The first-order valence-corrected chi connectivity index (χ1v) is 7.01. The van der Waals surface area contributed by atoms with Gasteiger partial charge in [0.2, 0.25) is 0 Å². The molecule has 7 nitrogen and oxygen atoms in total. The van der Waals surface area contributed by atoms with E-state index in [0.29, 0.717) is 6.42 Å². The molecule has 0 bridgehead atoms. The Labute approximate surface area is 130 Å². The first kappa shape index (κ1) is 17.3. The molecule has 0 aromatic carbocycles. The summed E-state index contributed by atoms with van der Waals surface area (Å²) < 4.78 is 40.4. The van der Waals surface area contributed by atoms with Gasteiger partial charge in [-0.2, -0.15) is 13.2 Å². The highest BCUT2D eigenvalue weighted by Gasteiger charge is 2.46. The molecule has 2 atom stereocenters. The zero-order valence-corrected chi connectivity index (χ0v) is 12.2. The molecule has 1 aliphatic rings. The minimum Gasteiger partial charge on any atom is -0.465 e. The highest BCUT2D eigenvalue weighted by Crippen LogP contribution is 2.40. The second-order valence-corrected chi connectivity index (χ2v) is 5.40. The number of hydrogen-bond donors (Lipinski definition) is 4. The largest absolute Gasteiger partial charge is 0.465 e. The van der Waals surface area contributed by atoms with Gasteiger partial charge in [0.05, 0.1) is 0 Å². The molecule has 1 aliphatic heterocycles. The average molecular weight is 333 g/mol. The molecular formula is C13H18F3N5O2. The van der Waals surface area contributed by atoms with Gasteiger partial charge in [-0.25, -0.2) is 15.6 Å². The average Bonchev–Trinajstić information content (AvgIpc) is 2.93. The van der Waals surface area contributed by atoms with Crippen molar-refractivity contribution in [2.75, 3.05) is 25.1 Å². The van der Waals surface area contributed by atoms with Crippen molar-refractivity contribution in [2.45, 2.75) is 18.6 Å². The molecule has 5 N–H and O–H groups in total. The first-order valence-electron chi connectivity index (χ1n) is 7.01. The number of halogens is 3. The second kappa shape index (κ2) is 7.01. The van der Waals surface area contributed by atoms with Crippen LogP contribution in [0.5, 0.6) is 0 Å². The molecule has 0 saturated carbocycles. The molecule has 10 heteroatoms. The fourth-order valence-corrected chi connectivity index (χ4v) is 2.75. The van der Waals surface area contributed by atoms with E-state index >= 15 is 0 Å². The summed E-state index contributed by atoms with van der Waals surface area (Å²) in [6.45, 7) is 0.555. The lowest BCUT2D eigenvalue weighted by Crippen LogP contribution is -2.38. The molecule has 1 aromatic rings. The molecule has 0 spiro atoms. The SMILES string of the molecule is NNc1ccc([C@H](N2CCC(CNC(=O)O)C2)C(F)(F)F)cn1. The van der Waals surface area contributed by atoms with Crippen molar-refractivity contribution in [1.82, 2.24) is 15.2 Å². The van der Waals surface area contributed by atoms with Crippen LogP contribution in [0.2, 0.25) is 0 Å². The molecular weight excluding hydrogens is 315 g/mol. The number of carbonyl (C=O) groups is 1. The van der Waals surface area contributed by atoms with Crippen LogP contribution in [0.25, 0.3) is 0 Å². The lowest BCUT2D eigenvalue weighted by atomic mass is 10.1. The molecule has 1 fully saturated rings. The smallest absolute Gasteiger partial charge is 0.408 e. The Bertz CT molecular complexity index is 537. The molecule has 1 aromatic heterocycles. The molecule has 128 valence electrons. The Hall–Kier alpha value is -2.07. The predicted molar refractivity (Wildman–Crippen MR) is 76.6 cm³/mol. The molecule has 1 unspecified atom stereocenters. The van der Waals surface area contributed by atoms with Crippen molar-refractivity contribution in [2.24, 2.45) is 11.8 Å². The summed E-state index contributed by atoms with van der Waals surface area (Å²) in [6, 6.07) is 0.952. The molecule has 0 aliphatic carbocycles. The number of hydrogen-bond acceptors (Lipinski definition) is 5. The van der Waals surface area contributed by atoms with E-state index in [2.05, 4.69) is 15.7 Å². The van der Waals surface area contributed by atoms with E-state index in [9.17, 15) is 18.0 Å². The number of hydrazine groups is 1. The maximum atomic E-state index is 13.5. The number of nitrogens with zero attached hydrogens (tertiary/aromatic N) is 2. The highest BCUT2D eigenvalue weighted by atomic mass is 19.4. The summed E-state index contributed by atoms with van der Waals surface area (Å²) in [5.41, 5.74) is 2.30. The van der Waals surface area contributed by atoms with E-state index in [4.69, 9.17) is 10.9 Å². The van der Waals surface area contributed by atoms with Crippen molar-refractivity contribution >= 4 is 11.9 Å². The number of aromatic nitrogens is 1. The zero-order chi connectivity index (χ0) is 17.0. The van der Waals surface area contributed by atoms with E-state index in [-0.39, 0.29) is 36.9 Å². The summed E-state index contributed by atoms with van der Waals surface area (Å²) in [6.07, 6.45) is -3.97. The van der Waals surface area contributed by atoms with Crippen molar-refractivity contribution in [1.29, 1.82) is 0 Å². The summed E-state index contributed by atoms with van der Waals surface area (Å²) in [7, 11) is 0. The van der Waals surface area contributed by atoms with Gasteiger partial charge < -0.3 is 15.8 Å². The van der Waals surface area contributed by atoms with Crippen LogP contribution in [0.15, 0.2) is 18.3 Å². The Kier molecular flexibility index (Phi) is 5.26. The molecule has 23 heavy (non-hydrogen) atoms. The van der Waals surface area contributed by atoms with Gasteiger partial charge in [-0.1, -0.05) is 6.07 Å². The van der Waals surface area contributed by atoms with Crippen molar-refractivity contribution < 1.29 is 23.1 Å². The Balaban J connectivity index is 2.12. The number of carboxylic acid groups (broad SMARTS) is 1. The standard InChI is InChI=1S/C13H18F3N5O2/c14-13(15,16)11(9-1-2-10(20-17)18-6-9)21-4-3-8(7-21)5-19-12(22)23/h1-2,6,8,11,19H,3-5,7,17H2,(H,18,20)(H,22,23)/t8?,11-/m0/s1. The third-order valence-electron chi connectivity index (χ3n) is 3.78. The Morgan fingerprint density at radius 2 is 2.26 bits per heavy atom. The van der Waals surface area contributed by atoms with Gasteiger partial charge in [0.1, 0.15) is 11.9 Å². The lowest BCUT2D eigenvalue weighted by Gasteiger charge is -2.30. The third-order valence-corrected chi connectivity index (χ3v) is 3.78. The van der Waals surface area contributed by atoms with Crippen LogP contribution in [0.1, 0.15) is 18.0 Å². The first-order chi connectivity index (χ1) is 10.8. The van der Waals surface area contributed by atoms with Crippen molar-refractivity contribution in [3.63, 3.8) is 0 Å². The number of rotatable bonds is 5. The number of nitrogen functional groups attached to an aromatic ring is 1. The number of pyridine rings is 1. The minimum atomic E-state index is -4.45.